The van der Waals surface area contributed by atoms with Crippen molar-refractivity contribution in [1.82, 2.24) is 4.98 Å². The van der Waals surface area contributed by atoms with Crippen molar-refractivity contribution >= 4 is 23.7 Å². The van der Waals surface area contributed by atoms with Crippen LogP contribution >= 0.6 is 11.6 Å². The predicted octanol–water partition coefficient (Wildman–Crippen LogP) is 2.00. The molecule has 1 saturated heterocycles. The second-order valence-electron chi connectivity index (χ2n) is 4.34. The summed E-state index contributed by atoms with van der Waals surface area (Å²) in [5.41, 5.74) is 0.463. The minimum absolute atomic E-state index is 0.463. The molecule has 0 aromatic carbocycles. The molecule has 1 saturated carbocycles. The number of rotatable bonds is 2. The lowest BCUT2D eigenvalue weighted by molar-refractivity contribution is 0.112. The van der Waals surface area contributed by atoms with E-state index < -0.39 is 0 Å². The van der Waals surface area contributed by atoms with E-state index in [4.69, 9.17) is 11.6 Å². The minimum atomic E-state index is 0.463. The Bertz CT molecular complexity index is 411. The first-order chi connectivity index (χ1) is 7.28. The van der Waals surface area contributed by atoms with Gasteiger partial charge in [-0.3, -0.25) is 4.79 Å². The second kappa shape index (κ2) is 3.20. The fourth-order valence-electron chi connectivity index (χ4n) is 2.28. The summed E-state index contributed by atoms with van der Waals surface area (Å²) >= 11 is 5.96. The Hall–Kier alpha value is -1.09. The van der Waals surface area contributed by atoms with Crippen LogP contribution in [0.1, 0.15) is 16.8 Å². The number of anilines is 1. The zero-order valence-corrected chi connectivity index (χ0v) is 8.94. The zero-order chi connectivity index (χ0) is 10.4. The van der Waals surface area contributed by atoms with Crippen molar-refractivity contribution in [2.45, 2.75) is 6.42 Å². The first-order valence-corrected chi connectivity index (χ1v) is 5.51. The summed E-state index contributed by atoms with van der Waals surface area (Å²) in [5, 5.41) is 0.496. The highest BCUT2D eigenvalue weighted by Crippen LogP contribution is 2.46. The molecule has 1 aliphatic heterocycles. The number of aldehydes is 1. The molecule has 15 heavy (non-hydrogen) atoms. The quantitative estimate of drug-likeness (QED) is 0.718. The van der Waals surface area contributed by atoms with E-state index in [0.717, 1.165) is 37.0 Å². The van der Waals surface area contributed by atoms with Gasteiger partial charge in [0.2, 0.25) is 0 Å². The number of piperidine rings is 1. The van der Waals surface area contributed by atoms with Crippen molar-refractivity contribution in [3.05, 3.63) is 22.8 Å². The molecule has 78 valence electrons. The van der Waals surface area contributed by atoms with Crippen molar-refractivity contribution in [2.24, 2.45) is 11.8 Å². The van der Waals surface area contributed by atoms with Crippen LogP contribution in [0.4, 0.5) is 5.82 Å². The first-order valence-electron chi connectivity index (χ1n) is 5.13. The number of halogens is 1. The molecular formula is C11H11ClN2O. The predicted molar refractivity (Wildman–Crippen MR) is 58.4 cm³/mol. The van der Waals surface area contributed by atoms with Crippen molar-refractivity contribution in [3.8, 4) is 0 Å². The largest absolute Gasteiger partial charge is 0.356 e. The minimum Gasteiger partial charge on any atom is -0.356 e. The molecule has 1 aromatic heterocycles. The average Bonchev–Trinajstić information content (AvgIpc) is 2.86. The standard InChI is InChI=1S/C11H11ClN2O/c12-10-2-11(13-3-9(10)6-15)14-4-7-1-8(7)5-14/h2-3,6-8H,1,4-5H2. The Morgan fingerprint density at radius 3 is 2.80 bits per heavy atom. The molecular weight excluding hydrogens is 212 g/mol. The van der Waals surface area contributed by atoms with Crippen LogP contribution in [0.5, 0.6) is 0 Å². The molecule has 0 amide bonds. The Morgan fingerprint density at radius 1 is 1.47 bits per heavy atom. The van der Waals surface area contributed by atoms with E-state index in [-0.39, 0.29) is 0 Å². The molecule has 0 spiro atoms. The summed E-state index contributed by atoms with van der Waals surface area (Å²) < 4.78 is 0. The molecule has 0 N–H and O–H groups in total. The van der Waals surface area contributed by atoms with Crippen molar-refractivity contribution in [1.29, 1.82) is 0 Å². The zero-order valence-electron chi connectivity index (χ0n) is 8.19. The van der Waals surface area contributed by atoms with Gasteiger partial charge < -0.3 is 4.90 Å². The number of aromatic nitrogens is 1. The molecule has 2 fully saturated rings. The Morgan fingerprint density at radius 2 is 2.20 bits per heavy atom. The molecule has 2 heterocycles. The van der Waals surface area contributed by atoms with Gasteiger partial charge in [-0.2, -0.15) is 0 Å². The normalized spacial score (nSPS) is 27.7. The van der Waals surface area contributed by atoms with E-state index in [1.807, 2.05) is 0 Å². The lowest BCUT2D eigenvalue weighted by Gasteiger charge is -2.19. The van der Waals surface area contributed by atoms with Crippen LogP contribution in [0.25, 0.3) is 0 Å². The van der Waals surface area contributed by atoms with E-state index in [1.54, 1.807) is 12.3 Å². The van der Waals surface area contributed by atoms with Gasteiger partial charge in [0, 0.05) is 25.4 Å². The lowest BCUT2D eigenvalue weighted by atomic mass is 10.3. The monoisotopic (exact) mass is 222 g/mol. The fourth-order valence-corrected chi connectivity index (χ4v) is 2.47. The van der Waals surface area contributed by atoms with Gasteiger partial charge in [-0.25, -0.2) is 4.98 Å². The van der Waals surface area contributed by atoms with Gasteiger partial charge in [0.1, 0.15) is 5.82 Å². The van der Waals surface area contributed by atoms with Gasteiger partial charge in [-0.15, -0.1) is 0 Å². The summed E-state index contributed by atoms with van der Waals surface area (Å²) in [6, 6.07) is 1.79. The first kappa shape index (κ1) is 9.16. The van der Waals surface area contributed by atoms with Crippen molar-refractivity contribution in [3.63, 3.8) is 0 Å². The van der Waals surface area contributed by atoms with Crippen LogP contribution < -0.4 is 4.90 Å². The van der Waals surface area contributed by atoms with E-state index in [0.29, 0.717) is 10.6 Å². The van der Waals surface area contributed by atoms with Crippen LogP contribution in [0.3, 0.4) is 0 Å². The van der Waals surface area contributed by atoms with Crippen LogP contribution in [-0.2, 0) is 0 Å². The molecule has 3 nitrogen and oxygen atoms in total. The Kier molecular flexibility index (Phi) is 1.96. The van der Waals surface area contributed by atoms with Crippen molar-refractivity contribution < 1.29 is 4.79 Å². The van der Waals surface area contributed by atoms with Gasteiger partial charge in [0.05, 0.1) is 10.6 Å². The highest BCUT2D eigenvalue weighted by molar-refractivity contribution is 6.33. The maximum atomic E-state index is 10.6. The van der Waals surface area contributed by atoms with Crippen LogP contribution in [0.15, 0.2) is 12.3 Å². The van der Waals surface area contributed by atoms with Crippen LogP contribution in [0.2, 0.25) is 5.02 Å². The lowest BCUT2D eigenvalue weighted by Crippen LogP contribution is -2.22. The third kappa shape index (κ3) is 1.51. The van der Waals surface area contributed by atoms with Crippen molar-refractivity contribution in [2.75, 3.05) is 18.0 Å². The van der Waals surface area contributed by atoms with Gasteiger partial charge in [-0.1, -0.05) is 11.6 Å². The van der Waals surface area contributed by atoms with Gasteiger partial charge >= 0.3 is 0 Å². The van der Waals surface area contributed by atoms with E-state index in [1.165, 1.54) is 6.42 Å². The highest BCUT2D eigenvalue weighted by atomic mass is 35.5. The third-order valence-corrected chi connectivity index (χ3v) is 3.62. The van der Waals surface area contributed by atoms with E-state index in [2.05, 4.69) is 9.88 Å². The Balaban J connectivity index is 1.86. The maximum Gasteiger partial charge on any atom is 0.153 e. The number of hydrogen-bond acceptors (Lipinski definition) is 3. The smallest absolute Gasteiger partial charge is 0.153 e. The molecule has 4 heteroatoms. The summed E-state index contributed by atoms with van der Waals surface area (Å²) in [5.74, 6) is 2.64. The molecule has 0 radical (unpaired) electrons. The third-order valence-electron chi connectivity index (χ3n) is 3.30. The molecule has 1 aliphatic carbocycles. The number of hydrogen-bond donors (Lipinski definition) is 0. The second-order valence-corrected chi connectivity index (χ2v) is 4.75. The maximum absolute atomic E-state index is 10.6. The summed E-state index contributed by atoms with van der Waals surface area (Å²) in [6.45, 7) is 2.18. The molecule has 1 aromatic rings. The average molecular weight is 223 g/mol. The number of carbonyl (C=O) groups is 1. The molecule has 2 aliphatic rings. The molecule has 0 bridgehead atoms. The van der Waals surface area contributed by atoms with Gasteiger partial charge in [0.25, 0.3) is 0 Å². The Labute approximate surface area is 93.1 Å². The highest BCUT2D eigenvalue weighted by Gasteiger charge is 2.45. The topological polar surface area (TPSA) is 33.2 Å². The molecule has 3 rings (SSSR count). The van der Waals surface area contributed by atoms with Gasteiger partial charge in [-0.05, 0) is 18.3 Å². The van der Waals surface area contributed by atoms with E-state index >= 15 is 0 Å². The number of nitrogens with zero attached hydrogens (tertiary/aromatic N) is 2. The summed E-state index contributed by atoms with van der Waals surface area (Å²) in [6.07, 6.45) is 3.66. The SMILES string of the molecule is O=Cc1cnc(N2CC3CC3C2)cc1Cl. The van der Waals surface area contributed by atoms with Gasteiger partial charge in [0.15, 0.2) is 6.29 Å². The number of fused-ring (bicyclic) bond motifs is 1. The molecule has 2 unspecified atom stereocenters. The molecule has 2 atom stereocenters. The number of pyridine rings is 1. The van der Waals surface area contributed by atoms with Crippen LogP contribution in [-0.4, -0.2) is 24.4 Å². The fraction of sp³-hybridized carbons (Fsp3) is 0.455. The van der Waals surface area contributed by atoms with Crippen LogP contribution in [0, 0.1) is 11.8 Å². The number of carbonyl (C=O) groups excluding carboxylic acids is 1. The summed E-state index contributed by atoms with van der Waals surface area (Å²) in [4.78, 5) is 17.1. The van der Waals surface area contributed by atoms with E-state index in [9.17, 15) is 4.79 Å². The summed E-state index contributed by atoms with van der Waals surface area (Å²) in [7, 11) is 0.